The summed E-state index contributed by atoms with van der Waals surface area (Å²) in [6.07, 6.45) is 11.7. The van der Waals surface area contributed by atoms with Crippen molar-refractivity contribution in [1.82, 2.24) is 54.3 Å². The van der Waals surface area contributed by atoms with Crippen LogP contribution < -0.4 is 5.32 Å². The van der Waals surface area contributed by atoms with Crippen LogP contribution in [-0.4, -0.2) is 108 Å². The molecule has 29 heteroatoms. The fourth-order valence-electron chi connectivity index (χ4n) is 6.40. The average molecular weight is 1260 g/mol. The van der Waals surface area contributed by atoms with Gasteiger partial charge in [-0.1, -0.05) is 81.2 Å². The highest BCUT2D eigenvalue weighted by Crippen LogP contribution is 2.34. The number of sulfone groups is 2. The Labute approximate surface area is 482 Å². The predicted molar refractivity (Wildman–Crippen MR) is 302 cm³/mol. The van der Waals surface area contributed by atoms with Crippen LogP contribution in [0.15, 0.2) is 117 Å². The topological polar surface area (TPSA) is 198 Å². The summed E-state index contributed by atoms with van der Waals surface area (Å²) in [5.41, 5.74) is 2.55. The predicted octanol–water partition coefficient (Wildman–Crippen LogP) is 13.7. The third-order valence-electron chi connectivity index (χ3n) is 10.0. The molecule has 8 aromatic heterocycles. The van der Waals surface area contributed by atoms with E-state index in [4.69, 9.17) is 81.2 Å². The molecule has 0 spiro atoms. The number of hydrogen-bond donors (Lipinski definition) is 1. The number of aromatic nitrogens is 11. The molecule has 16 nitrogen and oxygen atoms in total. The van der Waals surface area contributed by atoms with E-state index in [1.807, 2.05) is 57.7 Å². The first-order chi connectivity index (χ1) is 35.6. The molecule has 0 atom stereocenters. The summed E-state index contributed by atoms with van der Waals surface area (Å²) in [5, 5.41) is 18.4. The molecule has 0 aliphatic heterocycles. The normalized spacial score (nSPS) is 13.2. The van der Waals surface area contributed by atoms with Gasteiger partial charge in [-0.15, -0.1) is 23.5 Å². The quantitative estimate of drug-likeness (QED) is 0.106. The van der Waals surface area contributed by atoms with Crippen LogP contribution in [-0.2, 0) is 19.7 Å². The second-order valence-corrected chi connectivity index (χ2v) is 24.9. The number of alkyl halides is 2. The Hall–Kier alpha value is -4.33. The molecule has 1 aliphatic carbocycles. The van der Waals surface area contributed by atoms with Gasteiger partial charge in [-0.05, 0) is 113 Å². The molecule has 8 aromatic rings. The molecule has 0 bridgehead atoms. The van der Waals surface area contributed by atoms with E-state index in [0.717, 1.165) is 45.2 Å². The van der Waals surface area contributed by atoms with Gasteiger partial charge in [0.25, 0.3) is 0 Å². The monoisotopic (exact) mass is 1250 g/mol. The third kappa shape index (κ3) is 20.5. The van der Waals surface area contributed by atoms with Crippen molar-refractivity contribution in [2.75, 3.05) is 30.3 Å². The fraction of sp³-hybridized carbons (Fsp3) is 0.277. The molecule has 1 aliphatic rings. The number of hydrogen-bond acceptors (Lipinski definition) is 15. The number of anilines is 1. The van der Waals surface area contributed by atoms with E-state index in [1.165, 1.54) is 45.8 Å². The highest BCUT2D eigenvalue weighted by atomic mass is 35.5. The molecule has 8 heterocycles. The minimum atomic E-state index is -3.45. The second-order valence-electron chi connectivity index (χ2n) is 16.3. The maximum absolute atomic E-state index is 13.3. The van der Waals surface area contributed by atoms with Gasteiger partial charge in [-0.2, -0.15) is 15.3 Å². The molecule has 1 fully saturated rings. The maximum atomic E-state index is 13.3. The summed E-state index contributed by atoms with van der Waals surface area (Å²) in [7, 11) is -6.76. The number of pyridine rings is 5. The Bertz CT molecular complexity index is 3420. The molecule has 1 saturated carbocycles. The van der Waals surface area contributed by atoms with E-state index in [2.05, 4.69) is 45.5 Å². The summed E-state index contributed by atoms with van der Waals surface area (Å²) in [4.78, 5) is 22.5. The smallest absolute Gasteiger partial charge is 0.248 e. The maximum Gasteiger partial charge on any atom is 0.248 e. The van der Waals surface area contributed by atoms with Crippen molar-refractivity contribution in [3.63, 3.8) is 0 Å². The van der Waals surface area contributed by atoms with Crippen molar-refractivity contribution in [1.29, 1.82) is 0 Å². The summed E-state index contributed by atoms with van der Waals surface area (Å²) in [6, 6.07) is 21.4. The van der Waals surface area contributed by atoms with E-state index in [9.17, 15) is 25.6 Å². The SMILES string of the molecule is CSc1cc(Cl)nc(-n2ccc(C)n2)c1.CSc1cc(Cl)nc(Cl)c1.Cc1ccn(-c2cc(S(C)(=O)=O)cc(Cl)n2)n1.Cc1ccn(-c2cc(S(C)(=O)=O)cc(NC3CCC(F)(F)CC3)n2)n1.Clc1cc(Cl)nc(Cl)c1. The summed E-state index contributed by atoms with van der Waals surface area (Å²) in [5.74, 6) is -0.773. The lowest BCUT2D eigenvalue weighted by Crippen LogP contribution is -2.32. The van der Waals surface area contributed by atoms with Gasteiger partial charge >= 0.3 is 0 Å². The first kappa shape index (κ1) is 62.5. The third-order valence-corrected chi connectivity index (χ3v) is 15.0. The van der Waals surface area contributed by atoms with E-state index in [1.54, 1.807) is 64.9 Å². The van der Waals surface area contributed by atoms with Gasteiger partial charge < -0.3 is 5.32 Å². The molecule has 1 N–H and O–H groups in total. The molecule has 0 aromatic carbocycles. The van der Waals surface area contributed by atoms with Crippen LogP contribution in [0.5, 0.6) is 0 Å². The summed E-state index contributed by atoms with van der Waals surface area (Å²) >= 11 is 42.7. The van der Waals surface area contributed by atoms with Gasteiger partial charge in [0, 0.05) is 76.9 Å². The van der Waals surface area contributed by atoms with Crippen molar-refractivity contribution in [3.05, 3.63) is 150 Å². The van der Waals surface area contributed by atoms with Crippen molar-refractivity contribution in [3.8, 4) is 17.5 Å². The zero-order chi connectivity index (χ0) is 56.1. The highest BCUT2D eigenvalue weighted by molar-refractivity contribution is 7.98. The zero-order valence-electron chi connectivity index (χ0n) is 41.2. The van der Waals surface area contributed by atoms with Gasteiger partial charge in [0.1, 0.15) is 36.7 Å². The van der Waals surface area contributed by atoms with Gasteiger partial charge in [0.15, 0.2) is 37.1 Å². The molecule has 0 unspecified atom stereocenters. The van der Waals surface area contributed by atoms with E-state index in [0.29, 0.717) is 61.1 Å². The molecular formula is C47H47Cl7F2N12O4S4. The van der Waals surface area contributed by atoms with E-state index in [-0.39, 0.29) is 33.8 Å². The molecule has 76 heavy (non-hydrogen) atoms. The number of nitrogens with zero attached hydrogens (tertiary/aromatic N) is 11. The zero-order valence-corrected chi connectivity index (χ0v) is 49.8. The first-order valence-electron chi connectivity index (χ1n) is 22.0. The number of rotatable bonds is 9. The van der Waals surface area contributed by atoms with Crippen LogP contribution in [0, 0.1) is 20.8 Å². The average Bonchev–Trinajstić information content (AvgIpc) is 4.10. The Morgan fingerprint density at radius 2 is 0.882 bits per heavy atom. The van der Waals surface area contributed by atoms with Crippen LogP contribution >= 0.6 is 105 Å². The number of nitrogens with one attached hydrogen (secondary N) is 1. The van der Waals surface area contributed by atoms with Gasteiger partial charge in [0.05, 0.1) is 26.9 Å². The van der Waals surface area contributed by atoms with Crippen LogP contribution in [0.4, 0.5) is 14.6 Å². The van der Waals surface area contributed by atoms with E-state index >= 15 is 0 Å². The number of halogens is 9. The van der Waals surface area contributed by atoms with Gasteiger partial charge in [-0.25, -0.2) is 64.6 Å². The Morgan fingerprint density at radius 3 is 1.26 bits per heavy atom. The molecule has 9 rings (SSSR count). The highest BCUT2D eigenvalue weighted by Gasteiger charge is 2.35. The Balaban J connectivity index is 0.000000184. The van der Waals surface area contributed by atoms with Crippen molar-refractivity contribution < 1.29 is 25.6 Å². The molecule has 0 saturated heterocycles. The lowest BCUT2D eigenvalue weighted by Gasteiger charge is -2.29. The fourth-order valence-corrected chi connectivity index (χ4v) is 10.5. The summed E-state index contributed by atoms with van der Waals surface area (Å²) < 4.78 is 78.1. The summed E-state index contributed by atoms with van der Waals surface area (Å²) in [6.45, 7) is 5.59. The minimum Gasteiger partial charge on any atom is -0.367 e. The lowest BCUT2D eigenvalue weighted by molar-refractivity contribution is -0.0361. The molecular weight excluding hydrogens is 1210 g/mol. The van der Waals surface area contributed by atoms with E-state index < -0.39 is 25.6 Å². The van der Waals surface area contributed by atoms with Crippen molar-refractivity contribution in [2.24, 2.45) is 0 Å². The first-order valence-corrected chi connectivity index (χ1v) is 30.8. The molecule has 406 valence electrons. The van der Waals surface area contributed by atoms with Crippen LogP contribution in [0.2, 0.25) is 35.9 Å². The Kier molecular flexibility index (Phi) is 23.0. The van der Waals surface area contributed by atoms with Gasteiger partial charge in [0.2, 0.25) is 5.92 Å². The second kappa shape index (κ2) is 28.0. The van der Waals surface area contributed by atoms with Crippen LogP contribution in [0.25, 0.3) is 17.5 Å². The van der Waals surface area contributed by atoms with Crippen LogP contribution in [0.1, 0.15) is 42.8 Å². The lowest BCUT2D eigenvalue weighted by atomic mass is 9.92. The van der Waals surface area contributed by atoms with Crippen molar-refractivity contribution in [2.45, 2.75) is 78.0 Å². The molecule has 0 radical (unpaired) electrons. The van der Waals surface area contributed by atoms with Crippen LogP contribution in [0.3, 0.4) is 0 Å². The Morgan fingerprint density at radius 1 is 0.526 bits per heavy atom. The molecule has 0 amide bonds. The largest absolute Gasteiger partial charge is 0.367 e. The minimum absolute atomic E-state index is 0.106. The standard InChI is InChI=1S/C16H20F2N4O2S.C10H10ClN3O2S.C10H10ClN3S.C6H5Cl2NS.C5H2Cl3N/c1-11-5-8-22(21-11)15-10-13(25(2,23)24)9-14(20-15)19-12-3-6-16(17,18)7-4-12;1-7-3-4-14(13-7)10-6-8(17(2,15)16)5-9(11)12-10;1-7-3-4-14(13-7)10-6-8(15-2)5-9(11)12-10;1-10-4-2-5(7)9-6(8)3-4;6-3-1-4(7)9-5(8)2-3/h5,8-10,12H,3-4,6-7H2,1-2H3,(H,19,20);3-6H,1-2H3;3-6H,1-2H3;2-3H,1H3;1-2H. The number of thioether (sulfide) groups is 2. The van der Waals surface area contributed by atoms with Crippen molar-refractivity contribution >= 4 is 130 Å². The number of aryl methyl sites for hydroxylation is 3. The van der Waals surface area contributed by atoms with Gasteiger partial charge in [-0.3, -0.25) is 0 Å².